The van der Waals surface area contributed by atoms with E-state index in [1.165, 1.54) is 225 Å². The van der Waals surface area contributed by atoms with Crippen molar-refractivity contribution in [3.05, 3.63) is 0 Å². The Kier molecular flexibility index (Phi) is 51.1. The monoisotopic (exact) mass is 905 g/mol. The van der Waals surface area contributed by atoms with Gasteiger partial charge in [-0.2, -0.15) is 0 Å². The number of ether oxygens (including phenoxy) is 3. The van der Waals surface area contributed by atoms with Gasteiger partial charge in [0.15, 0.2) is 6.10 Å². The average Bonchev–Trinajstić information content (AvgIpc) is 3.28. The van der Waals surface area contributed by atoms with Crippen LogP contribution in [0.1, 0.15) is 329 Å². The van der Waals surface area contributed by atoms with E-state index in [-0.39, 0.29) is 31.1 Å². The number of esters is 3. The van der Waals surface area contributed by atoms with Crippen molar-refractivity contribution < 1.29 is 28.6 Å². The highest BCUT2D eigenvalue weighted by molar-refractivity contribution is 5.71. The Morgan fingerprint density at radius 1 is 0.297 bits per heavy atom. The van der Waals surface area contributed by atoms with E-state index in [0.717, 1.165) is 63.7 Å². The van der Waals surface area contributed by atoms with Crippen molar-refractivity contribution in [2.45, 2.75) is 336 Å². The first kappa shape index (κ1) is 62.4. The zero-order chi connectivity index (χ0) is 46.7. The molecule has 0 spiro atoms. The van der Waals surface area contributed by atoms with Crippen molar-refractivity contribution in [2.75, 3.05) is 13.2 Å². The Bertz CT molecular complexity index is 964. The van der Waals surface area contributed by atoms with Gasteiger partial charge in [-0.15, -0.1) is 0 Å². The lowest BCUT2D eigenvalue weighted by Gasteiger charge is -2.18. The van der Waals surface area contributed by atoms with Gasteiger partial charge in [-0.1, -0.05) is 291 Å². The van der Waals surface area contributed by atoms with Gasteiger partial charge in [-0.25, -0.2) is 0 Å². The van der Waals surface area contributed by atoms with Gasteiger partial charge in [-0.05, 0) is 25.2 Å². The second kappa shape index (κ2) is 52.4. The van der Waals surface area contributed by atoms with Gasteiger partial charge in [0.1, 0.15) is 13.2 Å². The van der Waals surface area contributed by atoms with Crippen LogP contribution >= 0.6 is 0 Å². The Hall–Kier alpha value is -1.59. The summed E-state index contributed by atoms with van der Waals surface area (Å²) in [6.45, 7) is 8.99. The molecule has 0 radical (unpaired) electrons. The number of unbranched alkanes of at least 4 members (excludes halogenated alkanes) is 40. The summed E-state index contributed by atoms with van der Waals surface area (Å²) in [5, 5.41) is 0. The minimum atomic E-state index is -0.762. The van der Waals surface area contributed by atoms with Crippen molar-refractivity contribution in [3.63, 3.8) is 0 Å². The average molecular weight is 906 g/mol. The van der Waals surface area contributed by atoms with Gasteiger partial charge < -0.3 is 14.2 Å². The van der Waals surface area contributed by atoms with Crippen LogP contribution in [0.25, 0.3) is 0 Å². The molecule has 0 aliphatic carbocycles. The molecule has 0 bridgehead atoms. The van der Waals surface area contributed by atoms with Crippen LogP contribution in [-0.2, 0) is 28.6 Å². The van der Waals surface area contributed by atoms with Crippen LogP contribution in [-0.4, -0.2) is 37.2 Å². The van der Waals surface area contributed by atoms with Gasteiger partial charge in [0.25, 0.3) is 0 Å². The second-order valence-corrected chi connectivity index (χ2v) is 20.4. The molecule has 6 nitrogen and oxygen atoms in total. The van der Waals surface area contributed by atoms with Crippen molar-refractivity contribution in [3.8, 4) is 0 Å². The number of hydrogen-bond acceptors (Lipinski definition) is 6. The third kappa shape index (κ3) is 51.4. The van der Waals surface area contributed by atoms with Crippen LogP contribution in [0.15, 0.2) is 0 Å². The fourth-order valence-corrected chi connectivity index (χ4v) is 8.92. The zero-order valence-corrected chi connectivity index (χ0v) is 43.8. The number of carbonyl (C=O) groups is 3. The predicted octanol–water partition coefficient (Wildman–Crippen LogP) is 19.0. The minimum Gasteiger partial charge on any atom is -0.462 e. The summed E-state index contributed by atoms with van der Waals surface area (Å²) < 4.78 is 16.8. The molecule has 0 aliphatic heterocycles. The van der Waals surface area contributed by atoms with Crippen molar-refractivity contribution in [2.24, 2.45) is 5.92 Å². The highest BCUT2D eigenvalue weighted by Gasteiger charge is 2.19. The van der Waals surface area contributed by atoms with Crippen molar-refractivity contribution in [1.29, 1.82) is 0 Å². The fourth-order valence-electron chi connectivity index (χ4n) is 8.92. The van der Waals surface area contributed by atoms with Crippen LogP contribution in [0.2, 0.25) is 0 Å². The molecule has 0 amide bonds. The Balaban J connectivity index is 4.20. The quantitative estimate of drug-likeness (QED) is 0.0344. The maximum Gasteiger partial charge on any atom is 0.306 e. The van der Waals surface area contributed by atoms with Crippen LogP contribution in [0.3, 0.4) is 0 Å². The SMILES string of the molecule is CCCCCCCCCCCCCCCCCCCCCC(=O)OC[C@H](COC(=O)CCCCCCCCC(C)C)OC(=O)CCCCCCCCCCCCCCCCCCCC. The fraction of sp³-hybridized carbons (Fsp3) is 0.948. The summed E-state index contributed by atoms with van der Waals surface area (Å²) in [6, 6.07) is 0. The summed E-state index contributed by atoms with van der Waals surface area (Å²) in [5.41, 5.74) is 0. The Labute approximate surface area is 399 Å². The smallest absolute Gasteiger partial charge is 0.306 e. The lowest BCUT2D eigenvalue weighted by molar-refractivity contribution is -0.167. The molecule has 0 aliphatic rings. The van der Waals surface area contributed by atoms with Gasteiger partial charge in [0, 0.05) is 19.3 Å². The first-order chi connectivity index (χ1) is 31.4. The van der Waals surface area contributed by atoms with E-state index in [9.17, 15) is 14.4 Å². The molecule has 380 valence electrons. The van der Waals surface area contributed by atoms with Crippen LogP contribution in [0.5, 0.6) is 0 Å². The summed E-state index contributed by atoms with van der Waals surface area (Å²) >= 11 is 0. The van der Waals surface area contributed by atoms with E-state index in [0.29, 0.717) is 19.3 Å². The summed E-state index contributed by atoms with van der Waals surface area (Å²) in [4.78, 5) is 38.0. The largest absolute Gasteiger partial charge is 0.462 e. The molecule has 0 N–H and O–H groups in total. The molecule has 64 heavy (non-hydrogen) atoms. The van der Waals surface area contributed by atoms with Crippen molar-refractivity contribution >= 4 is 17.9 Å². The van der Waals surface area contributed by atoms with Crippen LogP contribution in [0.4, 0.5) is 0 Å². The molecule has 0 heterocycles. The second-order valence-electron chi connectivity index (χ2n) is 20.4. The molecule has 0 rings (SSSR count). The maximum absolute atomic E-state index is 12.8. The molecule has 0 aromatic rings. The topological polar surface area (TPSA) is 78.9 Å². The van der Waals surface area contributed by atoms with E-state index in [2.05, 4.69) is 27.7 Å². The lowest BCUT2D eigenvalue weighted by atomic mass is 10.0. The first-order valence-electron chi connectivity index (χ1n) is 28.9. The molecule has 0 aromatic carbocycles. The molecule has 0 saturated carbocycles. The lowest BCUT2D eigenvalue weighted by Crippen LogP contribution is -2.30. The third-order valence-electron chi connectivity index (χ3n) is 13.3. The van der Waals surface area contributed by atoms with E-state index in [1.807, 2.05) is 0 Å². The number of rotatable bonds is 53. The number of hydrogen-bond donors (Lipinski definition) is 0. The standard InChI is InChI=1S/C58H112O6/c1-5-7-9-11-13-15-17-19-21-23-25-27-28-30-32-34-36-41-45-49-56(59)62-52-55(53-63-57(60)50-46-42-39-38-40-44-48-54(3)4)64-58(61)51-47-43-37-35-33-31-29-26-24-22-20-18-16-14-12-10-8-6-2/h54-55H,5-53H2,1-4H3/t55-/m1/s1. The third-order valence-corrected chi connectivity index (χ3v) is 13.3. The summed E-state index contributed by atoms with van der Waals surface area (Å²) in [7, 11) is 0. The number of carbonyl (C=O) groups excluding carboxylic acids is 3. The van der Waals surface area contributed by atoms with Crippen LogP contribution in [0, 0.1) is 5.92 Å². The molecule has 1 atom stereocenters. The molecule has 6 heteroatoms. The first-order valence-corrected chi connectivity index (χ1v) is 28.9. The summed E-state index contributed by atoms with van der Waals surface area (Å²) in [6.07, 6.45) is 56.9. The highest BCUT2D eigenvalue weighted by Crippen LogP contribution is 2.18. The van der Waals surface area contributed by atoms with Gasteiger partial charge >= 0.3 is 17.9 Å². The van der Waals surface area contributed by atoms with E-state index in [4.69, 9.17) is 14.2 Å². The van der Waals surface area contributed by atoms with Gasteiger partial charge in [0.2, 0.25) is 0 Å². The van der Waals surface area contributed by atoms with Crippen molar-refractivity contribution in [1.82, 2.24) is 0 Å². The van der Waals surface area contributed by atoms with E-state index < -0.39 is 6.10 Å². The molecule has 0 unspecified atom stereocenters. The van der Waals surface area contributed by atoms with Gasteiger partial charge in [-0.3, -0.25) is 14.4 Å². The normalized spacial score (nSPS) is 12.0. The summed E-state index contributed by atoms with van der Waals surface area (Å²) in [5.74, 6) is -0.0795. The van der Waals surface area contributed by atoms with E-state index >= 15 is 0 Å². The molecular weight excluding hydrogens is 793 g/mol. The van der Waals surface area contributed by atoms with Crippen LogP contribution < -0.4 is 0 Å². The Morgan fingerprint density at radius 2 is 0.516 bits per heavy atom. The van der Waals surface area contributed by atoms with Gasteiger partial charge in [0.05, 0.1) is 0 Å². The molecular formula is C58H112O6. The molecule has 0 saturated heterocycles. The predicted molar refractivity (Wildman–Crippen MR) is 275 cm³/mol. The molecule has 0 aromatic heterocycles. The molecule has 0 fully saturated rings. The highest BCUT2D eigenvalue weighted by atomic mass is 16.6. The maximum atomic E-state index is 12.8. The van der Waals surface area contributed by atoms with E-state index in [1.54, 1.807) is 0 Å². The zero-order valence-electron chi connectivity index (χ0n) is 43.8. The minimum absolute atomic E-state index is 0.0630. The Morgan fingerprint density at radius 3 is 0.766 bits per heavy atom.